The summed E-state index contributed by atoms with van der Waals surface area (Å²) in [5.41, 5.74) is 4.55. The van der Waals surface area contributed by atoms with Crippen molar-refractivity contribution in [3.8, 4) is 16.9 Å². The zero-order valence-corrected chi connectivity index (χ0v) is 15.1. The molecule has 2 heterocycles. The molecule has 0 bridgehead atoms. The van der Waals surface area contributed by atoms with Gasteiger partial charge < -0.3 is 9.64 Å². The van der Waals surface area contributed by atoms with E-state index in [9.17, 15) is 4.79 Å². The highest BCUT2D eigenvalue weighted by atomic mass is 35.5. The molecule has 26 heavy (non-hydrogen) atoms. The maximum absolute atomic E-state index is 13.0. The minimum atomic E-state index is -0.0832. The van der Waals surface area contributed by atoms with Gasteiger partial charge in [0.1, 0.15) is 12.4 Å². The molecule has 132 valence electrons. The van der Waals surface area contributed by atoms with E-state index in [1.54, 1.807) is 17.2 Å². The van der Waals surface area contributed by atoms with Crippen molar-refractivity contribution >= 4 is 17.5 Å². The summed E-state index contributed by atoms with van der Waals surface area (Å²) in [6.07, 6.45) is 3.61. The molecular formula is C20H18ClN3O2. The van der Waals surface area contributed by atoms with Gasteiger partial charge in [0.05, 0.1) is 23.3 Å². The Morgan fingerprint density at radius 3 is 2.88 bits per heavy atom. The van der Waals surface area contributed by atoms with Crippen LogP contribution in [0.2, 0.25) is 5.02 Å². The number of aromatic nitrogens is 2. The van der Waals surface area contributed by atoms with E-state index in [1.165, 1.54) is 0 Å². The number of halogens is 1. The summed E-state index contributed by atoms with van der Waals surface area (Å²) in [7, 11) is 0. The van der Waals surface area contributed by atoms with Gasteiger partial charge in [-0.3, -0.25) is 9.89 Å². The van der Waals surface area contributed by atoms with E-state index in [-0.39, 0.29) is 5.91 Å². The lowest BCUT2D eigenvalue weighted by Crippen LogP contribution is -2.32. The summed E-state index contributed by atoms with van der Waals surface area (Å²) in [4.78, 5) is 14.8. The average molecular weight is 368 g/mol. The summed E-state index contributed by atoms with van der Waals surface area (Å²) in [5.74, 6) is 0.725. The Morgan fingerprint density at radius 1 is 1.23 bits per heavy atom. The summed E-state index contributed by atoms with van der Waals surface area (Å²) in [6, 6.07) is 11.5. The van der Waals surface area contributed by atoms with Gasteiger partial charge in [-0.25, -0.2) is 0 Å². The number of nitrogens with one attached hydrogen (secondary N) is 1. The Hall–Kier alpha value is -2.79. The van der Waals surface area contributed by atoms with E-state index < -0.39 is 0 Å². The number of aromatic amines is 1. The molecule has 1 amide bonds. The normalized spacial score (nSPS) is 13.7. The van der Waals surface area contributed by atoms with Gasteiger partial charge in [0.15, 0.2) is 0 Å². The fraction of sp³-hybridized carbons (Fsp3) is 0.200. The van der Waals surface area contributed by atoms with Crippen LogP contribution in [0.3, 0.4) is 0 Å². The third-order valence-electron chi connectivity index (χ3n) is 4.51. The number of carbonyl (C=O) groups excluding carboxylic acids is 1. The van der Waals surface area contributed by atoms with Crippen LogP contribution in [0.15, 0.2) is 48.8 Å². The molecule has 1 aromatic heterocycles. The number of hydrogen-bond donors (Lipinski definition) is 1. The molecule has 4 rings (SSSR count). The molecule has 0 atom stereocenters. The molecule has 1 aliphatic heterocycles. The number of rotatable bonds is 2. The average Bonchev–Trinajstić information content (AvgIpc) is 3.07. The molecule has 5 nitrogen and oxygen atoms in total. The van der Waals surface area contributed by atoms with E-state index in [0.29, 0.717) is 30.3 Å². The maximum atomic E-state index is 13.0. The van der Waals surface area contributed by atoms with Gasteiger partial charge in [-0.2, -0.15) is 5.10 Å². The number of fused-ring (bicyclic) bond motifs is 1. The van der Waals surface area contributed by atoms with Gasteiger partial charge in [0, 0.05) is 23.9 Å². The molecule has 2 aromatic carbocycles. The summed E-state index contributed by atoms with van der Waals surface area (Å²) >= 11 is 6.29. The minimum Gasteiger partial charge on any atom is -0.491 e. The number of benzene rings is 2. The quantitative estimate of drug-likeness (QED) is 0.742. The summed E-state index contributed by atoms with van der Waals surface area (Å²) in [6.45, 7) is 3.39. The molecule has 0 unspecified atom stereocenters. The van der Waals surface area contributed by atoms with Crippen LogP contribution >= 0.6 is 11.6 Å². The number of amides is 1. The van der Waals surface area contributed by atoms with Gasteiger partial charge in [0.2, 0.25) is 0 Å². The van der Waals surface area contributed by atoms with Crippen molar-refractivity contribution < 1.29 is 9.53 Å². The fourth-order valence-corrected chi connectivity index (χ4v) is 3.44. The Balaban J connectivity index is 1.64. The Labute approximate surface area is 156 Å². The minimum absolute atomic E-state index is 0.0832. The highest BCUT2D eigenvalue weighted by Gasteiger charge is 2.23. The van der Waals surface area contributed by atoms with Crippen molar-refractivity contribution in [2.75, 3.05) is 13.2 Å². The topological polar surface area (TPSA) is 58.2 Å². The standard InChI is InChI=1S/C20H18ClN3O2/c1-13-2-4-17(18(21)8-13)20(25)24-6-7-26-19-5-3-14(9-15(19)12-24)16-10-22-23-11-16/h2-5,8-11H,6-7,12H2,1H3,(H,22,23). The predicted octanol–water partition coefficient (Wildman–Crippen LogP) is 4.07. The monoisotopic (exact) mass is 367 g/mol. The van der Waals surface area contributed by atoms with Gasteiger partial charge >= 0.3 is 0 Å². The number of aryl methyl sites for hydroxylation is 1. The highest BCUT2D eigenvalue weighted by molar-refractivity contribution is 6.33. The van der Waals surface area contributed by atoms with E-state index in [0.717, 1.165) is 28.0 Å². The van der Waals surface area contributed by atoms with E-state index in [4.69, 9.17) is 16.3 Å². The Morgan fingerprint density at radius 2 is 2.12 bits per heavy atom. The number of H-pyrrole nitrogens is 1. The second-order valence-electron chi connectivity index (χ2n) is 6.37. The Bertz CT molecular complexity index is 954. The summed E-state index contributed by atoms with van der Waals surface area (Å²) < 4.78 is 5.84. The zero-order valence-electron chi connectivity index (χ0n) is 14.3. The number of hydrogen-bond acceptors (Lipinski definition) is 3. The van der Waals surface area contributed by atoms with Crippen LogP contribution in [0, 0.1) is 6.92 Å². The zero-order chi connectivity index (χ0) is 18.1. The van der Waals surface area contributed by atoms with Crippen molar-refractivity contribution in [3.05, 3.63) is 70.5 Å². The lowest BCUT2D eigenvalue weighted by Gasteiger charge is -2.21. The first-order chi connectivity index (χ1) is 12.6. The van der Waals surface area contributed by atoms with E-state index in [1.807, 2.05) is 43.5 Å². The number of ether oxygens (including phenoxy) is 1. The van der Waals surface area contributed by atoms with Crippen LogP contribution in [0.25, 0.3) is 11.1 Å². The largest absolute Gasteiger partial charge is 0.491 e. The first kappa shape index (κ1) is 16.7. The number of nitrogens with zero attached hydrogens (tertiary/aromatic N) is 2. The second kappa shape index (κ2) is 6.84. The lowest BCUT2D eigenvalue weighted by atomic mass is 10.0. The molecule has 0 radical (unpaired) electrons. The van der Waals surface area contributed by atoms with Gasteiger partial charge in [-0.05, 0) is 42.3 Å². The van der Waals surface area contributed by atoms with Crippen LogP contribution in [-0.2, 0) is 6.54 Å². The van der Waals surface area contributed by atoms with Crippen LogP contribution in [0.4, 0.5) is 0 Å². The first-order valence-corrected chi connectivity index (χ1v) is 8.80. The van der Waals surface area contributed by atoms with Crippen molar-refractivity contribution in [2.24, 2.45) is 0 Å². The SMILES string of the molecule is Cc1ccc(C(=O)N2CCOc3ccc(-c4cn[nH]c4)cc3C2)c(Cl)c1. The van der Waals surface area contributed by atoms with Crippen molar-refractivity contribution in [1.29, 1.82) is 0 Å². The van der Waals surface area contributed by atoms with Crippen molar-refractivity contribution in [1.82, 2.24) is 15.1 Å². The Kier molecular flexibility index (Phi) is 4.39. The fourth-order valence-electron chi connectivity index (χ4n) is 3.12. The molecular weight excluding hydrogens is 350 g/mol. The summed E-state index contributed by atoms with van der Waals surface area (Å²) in [5, 5.41) is 7.29. The molecule has 0 spiro atoms. The van der Waals surface area contributed by atoms with Crippen LogP contribution in [0.5, 0.6) is 5.75 Å². The third kappa shape index (κ3) is 3.18. The van der Waals surface area contributed by atoms with Gasteiger partial charge in [-0.15, -0.1) is 0 Å². The molecule has 1 aliphatic rings. The lowest BCUT2D eigenvalue weighted by molar-refractivity contribution is 0.0733. The van der Waals surface area contributed by atoms with E-state index >= 15 is 0 Å². The van der Waals surface area contributed by atoms with Crippen LogP contribution < -0.4 is 4.74 Å². The molecule has 0 saturated heterocycles. The van der Waals surface area contributed by atoms with Crippen molar-refractivity contribution in [2.45, 2.75) is 13.5 Å². The van der Waals surface area contributed by atoms with Gasteiger partial charge in [-0.1, -0.05) is 23.7 Å². The van der Waals surface area contributed by atoms with Gasteiger partial charge in [0.25, 0.3) is 5.91 Å². The van der Waals surface area contributed by atoms with Crippen LogP contribution in [0.1, 0.15) is 21.5 Å². The smallest absolute Gasteiger partial charge is 0.255 e. The molecule has 0 aliphatic carbocycles. The number of carbonyl (C=O) groups is 1. The van der Waals surface area contributed by atoms with E-state index in [2.05, 4.69) is 10.2 Å². The molecule has 1 N–H and O–H groups in total. The molecule has 6 heteroatoms. The first-order valence-electron chi connectivity index (χ1n) is 8.42. The predicted molar refractivity (Wildman–Crippen MR) is 100 cm³/mol. The third-order valence-corrected chi connectivity index (χ3v) is 4.83. The second-order valence-corrected chi connectivity index (χ2v) is 6.78. The van der Waals surface area contributed by atoms with Crippen LogP contribution in [-0.4, -0.2) is 34.2 Å². The highest BCUT2D eigenvalue weighted by Crippen LogP contribution is 2.30. The molecule has 3 aromatic rings. The molecule has 0 saturated carbocycles. The molecule has 0 fully saturated rings. The van der Waals surface area contributed by atoms with Crippen molar-refractivity contribution in [3.63, 3.8) is 0 Å². The maximum Gasteiger partial charge on any atom is 0.255 e.